The highest BCUT2D eigenvalue weighted by molar-refractivity contribution is 5.94. The van der Waals surface area contributed by atoms with Crippen molar-refractivity contribution in [1.82, 2.24) is 5.32 Å². The second-order valence-corrected chi connectivity index (χ2v) is 5.66. The van der Waals surface area contributed by atoms with Crippen LogP contribution < -0.4 is 19.7 Å². The third-order valence-electron chi connectivity index (χ3n) is 3.33. The molecule has 0 unspecified atom stereocenters. The summed E-state index contributed by atoms with van der Waals surface area (Å²) < 4.78 is 10.5. The number of ether oxygens (including phenoxy) is 2. The third-order valence-corrected chi connectivity index (χ3v) is 3.33. The monoisotopic (exact) mass is 322 g/mol. The van der Waals surface area contributed by atoms with Gasteiger partial charge in [-0.1, -0.05) is 13.8 Å². The van der Waals surface area contributed by atoms with Crippen molar-refractivity contribution in [2.75, 3.05) is 32.2 Å². The summed E-state index contributed by atoms with van der Waals surface area (Å²) in [5.74, 6) is 1.35. The summed E-state index contributed by atoms with van der Waals surface area (Å²) in [5, 5.41) is 2.85. The molecule has 23 heavy (non-hydrogen) atoms. The van der Waals surface area contributed by atoms with E-state index in [4.69, 9.17) is 9.47 Å². The highest BCUT2D eigenvalue weighted by Crippen LogP contribution is 2.32. The number of methoxy groups -OCH3 is 2. The Hall–Kier alpha value is -2.24. The molecule has 0 radical (unpaired) electrons. The van der Waals surface area contributed by atoms with Crippen LogP contribution in [0.2, 0.25) is 0 Å². The molecule has 6 heteroatoms. The molecule has 1 aromatic carbocycles. The summed E-state index contributed by atoms with van der Waals surface area (Å²) in [6.45, 7) is 6.46. The Morgan fingerprint density at radius 3 is 2.43 bits per heavy atom. The lowest BCUT2D eigenvalue weighted by atomic mass is 10.2. The van der Waals surface area contributed by atoms with Crippen LogP contribution in [-0.4, -0.2) is 39.1 Å². The number of nitrogens with zero attached hydrogens (tertiary/aromatic N) is 1. The number of anilines is 1. The van der Waals surface area contributed by atoms with Crippen LogP contribution in [0, 0.1) is 5.92 Å². The summed E-state index contributed by atoms with van der Waals surface area (Å²) in [6.07, 6.45) is 0.238. The lowest BCUT2D eigenvalue weighted by molar-refractivity contribution is -0.121. The highest BCUT2D eigenvalue weighted by atomic mass is 16.5. The van der Waals surface area contributed by atoms with E-state index < -0.39 is 0 Å². The van der Waals surface area contributed by atoms with Crippen LogP contribution in [-0.2, 0) is 9.59 Å². The summed E-state index contributed by atoms with van der Waals surface area (Å²) in [7, 11) is 3.10. The van der Waals surface area contributed by atoms with E-state index in [9.17, 15) is 9.59 Å². The smallest absolute Gasteiger partial charge is 0.223 e. The topological polar surface area (TPSA) is 67.9 Å². The van der Waals surface area contributed by atoms with Gasteiger partial charge in [0.15, 0.2) is 0 Å². The van der Waals surface area contributed by atoms with Crippen LogP contribution >= 0.6 is 0 Å². The Morgan fingerprint density at radius 1 is 1.22 bits per heavy atom. The first-order valence-electron chi connectivity index (χ1n) is 7.65. The first kappa shape index (κ1) is 18.8. The quantitative estimate of drug-likeness (QED) is 0.797. The summed E-state index contributed by atoms with van der Waals surface area (Å²) in [6, 6.07) is 5.22. The van der Waals surface area contributed by atoms with E-state index in [1.807, 2.05) is 13.8 Å². The van der Waals surface area contributed by atoms with Gasteiger partial charge in [-0.3, -0.25) is 9.59 Å². The van der Waals surface area contributed by atoms with Crippen LogP contribution in [0.4, 0.5) is 5.69 Å². The molecule has 0 heterocycles. The van der Waals surface area contributed by atoms with Crippen molar-refractivity contribution in [2.24, 2.45) is 5.92 Å². The lowest BCUT2D eigenvalue weighted by Crippen LogP contribution is -2.35. The zero-order valence-electron chi connectivity index (χ0n) is 14.5. The van der Waals surface area contributed by atoms with Crippen molar-refractivity contribution < 1.29 is 19.1 Å². The van der Waals surface area contributed by atoms with Gasteiger partial charge in [-0.15, -0.1) is 0 Å². The van der Waals surface area contributed by atoms with Crippen LogP contribution in [0.3, 0.4) is 0 Å². The number of amides is 2. The molecule has 128 valence electrons. The fourth-order valence-corrected chi connectivity index (χ4v) is 2.08. The van der Waals surface area contributed by atoms with Crippen molar-refractivity contribution in [1.29, 1.82) is 0 Å². The molecule has 1 aromatic rings. The van der Waals surface area contributed by atoms with Gasteiger partial charge in [0.2, 0.25) is 11.8 Å². The van der Waals surface area contributed by atoms with E-state index >= 15 is 0 Å². The molecule has 0 fully saturated rings. The highest BCUT2D eigenvalue weighted by Gasteiger charge is 2.18. The largest absolute Gasteiger partial charge is 0.497 e. The van der Waals surface area contributed by atoms with E-state index in [2.05, 4.69) is 5.32 Å². The molecule has 2 amide bonds. The number of carbonyl (C=O) groups excluding carboxylic acids is 2. The molecular weight excluding hydrogens is 296 g/mol. The first-order valence-corrected chi connectivity index (χ1v) is 7.65. The lowest BCUT2D eigenvalue weighted by Gasteiger charge is -2.23. The molecule has 0 atom stereocenters. The van der Waals surface area contributed by atoms with Crippen molar-refractivity contribution in [3.05, 3.63) is 18.2 Å². The molecule has 0 aliphatic rings. The number of benzene rings is 1. The second kappa shape index (κ2) is 9.02. The normalized spacial score (nSPS) is 10.3. The molecule has 0 spiro atoms. The van der Waals surface area contributed by atoms with Crippen LogP contribution in [0.1, 0.15) is 27.2 Å². The van der Waals surface area contributed by atoms with Gasteiger partial charge in [-0.05, 0) is 18.1 Å². The average Bonchev–Trinajstić information content (AvgIpc) is 2.52. The molecular formula is C17H26N2O4. The molecule has 6 nitrogen and oxygen atoms in total. The van der Waals surface area contributed by atoms with Gasteiger partial charge in [0.05, 0.1) is 19.9 Å². The SMILES string of the molecule is COc1ccc(N(CCC(=O)NCC(C)C)C(C)=O)c(OC)c1. The summed E-state index contributed by atoms with van der Waals surface area (Å²) >= 11 is 0. The molecule has 0 bridgehead atoms. The summed E-state index contributed by atoms with van der Waals surface area (Å²) in [5.41, 5.74) is 0.623. The number of hydrogen-bond acceptors (Lipinski definition) is 4. The van der Waals surface area contributed by atoms with Crippen molar-refractivity contribution in [3.63, 3.8) is 0 Å². The first-order chi connectivity index (χ1) is 10.9. The Balaban J connectivity index is 2.83. The Labute approximate surface area is 137 Å². The fourth-order valence-electron chi connectivity index (χ4n) is 2.08. The number of nitrogens with one attached hydrogen (secondary N) is 1. The maximum absolute atomic E-state index is 12.0. The minimum Gasteiger partial charge on any atom is -0.497 e. The van der Waals surface area contributed by atoms with Crippen LogP contribution in [0.5, 0.6) is 11.5 Å². The van der Waals surface area contributed by atoms with E-state index in [1.165, 1.54) is 18.9 Å². The number of carbonyl (C=O) groups is 2. The molecule has 0 saturated heterocycles. The molecule has 0 saturated carbocycles. The number of hydrogen-bond donors (Lipinski definition) is 1. The van der Waals surface area contributed by atoms with E-state index in [1.54, 1.807) is 25.3 Å². The zero-order chi connectivity index (χ0) is 17.4. The van der Waals surface area contributed by atoms with Crippen molar-refractivity contribution in [2.45, 2.75) is 27.2 Å². The van der Waals surface area contributed by atoms with Gasteiger partial charge in [0.25, 0.3) is 0 Å². The van der Waals surface area contributed by atoms with Crippen molar-refractivity contribution >= 4 is 17.5 Å². The van der Waals surface area contributed by atoms with Crippen LogP contribution in [0.25, 0.3) is 0 Å². The maximum atomic E-state index is 12.0. The Bertz CT molecular complexity index is 543. The zero-order valence-corrected chi connectivity index (χ0v) is 14.5. The van der Waals surface area contributed by atoms with Gasteiger partial charge in [-0.25, -0.2) is 0 Å². The molecule has 1 N–H and O–H groups in total. The fraction of sp³-hybridized carbons (Fsp3) is 0.529. The third kappa shape index (κ3) is 5.81. The van der Waals surface area contributed by atoms with Gasteiger partial charge < -0.3 is 19.7 Å². The predicted octanol–water partition coefficient (Wildman–Crippen LogP) is 2.22. The van der Waals surface area contributed by atoms with Crippen molar-refractivity contribution in [3.8, 4) is 11.5 Å². The minimum absolute atomic E-state index is 0.0718. The molecule has 0 aliphatic carbocycles. The molecule has 0 aliphatic heterocycles. The predicted molar refractivity (Wildman–Crippen MR) is 90.0 cm³/mol. The van der Waals surface area contributed by atoms with Gasteiger partial charge in [-0.2, -0.15) is 0 Å². The standard InChI is InChI=1S/C17H26N2O4/c1-12(2)11-18-17(21)8-9-19(13(3)20)15-7-6-14(22-4)10-16(15)23-5/h6-7,10,12H,8-9,11H2,1-5H3,(H,18,21). The molecule has 1 rings (SSSR count). The Kier molecular flexibility index (Phi) is 7.38. The van der Waals surface area contributed by atoms with E-state index in [-0.39, 0.29) is 18.2 Å². The van der Waals surface area contributed by atoms with E-state index in [0.717, 1.165) is 0 Å². The maximum Gasteiger partial charge on any atom is 0.223 e. The molecule has 0 aromatic heterocycles. The van der Waals surface area contributed by atoms with Gasteiger partial charge in [0, 0.05) is 32.5 Å². The minimum atomic E-state index is -0.148. The van der Waals surface area contributed by atoms with Gasteiger partial charge >= 0.3 is 0 Å². The number of rotatable bonds is 8. The van der Waals surface area contributed by atoms with Crippen LogP contribution in [0.15, 0.2) is 18.2 Å². The van der Waals surface area contributed by atoms with E-state index in [0.29, 0.717) is 36.2 Å². The average molecular weight is 322 g/mol. The second-order valence-electron chi connectivity index (χ2n) is 5.66. The summed E-state index contributed by atoms with van der Waals surface area (Å²) in [4.78, 5) is 25.3. The Morgan fingerprint density at radius 2 is 1.91 bits per heavy atom. The van der Waals surface area contributed by atoms with Gasteiger partial charge in [0.1, 0.15) is 11.5 Å².